The van der Waals surface area contributed by atoms with Gasteiger partial charge in [-0.25, -0.2) is 0 Å². The van der Waals surface area contributed by atoms with Gasteiger partial charge in [0.15, 0.2) is 5.96 Å². The standard InChI is InChI=1S/C16H35N5O.HI/c1-5-20-8-10-21(11-9-20)14-15(2)13-19-16(17-3)18-7-6-12-22-4;/h15H,5-14H2,1-4H3,(H2,17,18,19);1H. The van der Waals surface area contributed by atoms with E-state index < -0.39 is 0 Å². The van der Waals surface area contributed by atoms with Crippen molar-refractivity contribution in [2.45, 2.75) is 20.3 Å². The molecule has 1 saturated heterocycles. The maximum absolute atomic E-state index is 5.05. The first kappa shape index (κ1) is 22.9. The number of nitrogens with zero attached hydrogens (tertiary/aromatic N) is 3. The van der Waals surface area contributed by atoms with Gasteiger partial charge in [-0.05, 0) is 18.9 Å². The summed E-state index contributed by atoms with van der Waals surface area (Å²) >= 11 is 0. The van der Waals surface area contributed by atoms with Crippen LogP contribution in [0.4, 0.5) is 0 Å². The van der Waals surface area contributed by atoms with E-state index in [4.69, 9.17) is 4.74 Å². The molecule has 0 radical (unpaired) electrons. The molecular weight excluding hydrogens is 405 g/mol. The highest BCUT2D eigenvalue weighted by Gasteiger charge is 2.17. The number of nitrogens with one attached hydrogen (secondary N) is 2. The van der Waals surface area contributed by atoms with Gasteiger partial charge in [-0.2, -0.15) is 0 Å². The average molecular weight is 441 g/mol. The Morgan fingerprint density at radius 3 is 2.39 bits per heavy atom. The molecule has 23 heavy (non-hydrogen) atoms. The number of ether oxygens (including phenoxy) is 1. The molecule has 0 spiro atoms. The molecule has 7 heteroatoms. The molecule has 0 amide bonds. The van der Waals surface area contributed by atoms with Crippen LogP contribution in [0.2, 0.25) is 0 Å². The average Bonchev–Trinajstić information content (AvgIpc) is 2.55. The zero-order chi connectivity index (χ0) is 16.2. The number of likely N-dealkylation sites (N-methyl/N-ethyl adjacent to an activating group) is 1. The van der Waals surface area contributed by atoms with Crippen LogP contribution in [0.25, 0.3) is 0 Å². The second kappa shape index (κ2) is 14.2. The minimum absolute atomic E-state index is 0. The van der Waals surface area contributed by atoms with Crippen molar-refractivity contribution in [2.75, 3.05) is 73.1 Å². The van der Waals surface area contributed by atoms with Crippen molar-refractivity contribution < 1.29 is 4.74 Å². The van der Waals surface area contributed by atoms with E-state index in [9.17, 15) is 0 Å². The number of methoxy groups -OCH3 is 1. The van der Waals surface area contributed by atoms with Gasteiger partial charge in [0.25, 0.3) is 0 Å². The summed E-state index contributed by atoms with van der Waals surface area (Å²) in [7, 11) is 3.55. The normalized spacial score (nSPS) is 18.3. The Labute approximate surface area is 159 Å². The van der Waals surface area contributed by atoms with Crippen LogP contribution < -0.4 is 10.6 Å². The zero-order valence-electron chi connectivity index (χ0n) is 15.3. The summed E-state index contributed by atoms with van der Waals surface area (Å²) in [5, 5.41) is 6.73. The summed E-state index contributed by atoms with van der Waals surface area (Å²) in [5.74, 6) is 1.50. The summed E-state index contributed by atoms with van der Waals surface area (Å²) < 4.78 is 5.05. The molecule has 1 aliphatic heterocycles. The van der Waals surface area contributed by atoms with Gasteiger partial charge in [-0.3, -0.25) is 4.99 Å². The second-order valence-corrected chi connectivity index (χ2v) is 6.07. The highest BCUT2D eigenvalue weighted by molar-refractivity contribution is 14.0. The minimum Gasteiger partial charge on any atom is -0.385 e. The lowest BCUT2D eigenvalue weighted by atomic mass is 10.1. The monoisotopic (exact) mass is 441 g/mol. The third kappa shape index (κ3) is 10.4. The summed E-state index contributed by atoms with van der Waals surface area (Å²) in [6, 6.07) is 0. The van der Waals surface area contributed by atoms with E-state index in [2.05, 4.69) is 39.3 Å². The Kier molecular flexibility index (Phi) is 14.2. The molecule has 2 N–H and O–H groups in total. The molecule has 0 aromatic heterocycles. The fraction of sp³-hybridized carbons (Fsp3) is 0.938. The van der Waals surface area contributed by atoms with Crippen molar-refractivity contribution in [3.63, 3.8) is 0 Å². The SMILES string of the molecule is CCN1CCN(CC(C)CNC(=NC)NCCCOC)CC1.I. The summed E-state index contributed by atoms with van der Waals surface area (Å²) in [6.45, 7) is 14.3. The van der Waals surface area contributed by atoms with Gasteiger partial charge in [0.2, 0.25) is 0 Å². The van der Waals surface area contributed by atoms with Crippen LogP contribution in [0.15, 0.2) is 4.99 Å². The molecule has 1 unspecified atom stereocenters. The number of hydrogen-bond acceptors (Lipinski definition) is 4. The number of hydrogen-bond donors (Lipinski definition) is 2. The predicted octanol–water partition coefficient (Wildman–Crippen LogP) is 1.08. The highest BCUT2D eigenvalue weighted by atomic mass is 127. The third-order valence-electron chi connectivity index (χ3n) is 4.14. The maximum atomic E-state index is 5.05. The molecule has 1 atom stereocenters. The van der Waals surface area contributed by atoms with Crippen molar-refractivity contribution in [3.8, 4) is 0 Å². The largest absolute Gasteiger partial charge is 0.385 e. The Balaban J connectivity index is 0.00000484. The molecule has 0 aromatic rings. The number of guanidine groups is 1. The van der Waals surface area contributed by atoms with Gasteiger partial charge in [-0.1, -0.05) is 13.8 Å². The quantitative estimate of drug-likeness (QED) is 0.243. The smallest absolute Gasteiger partial charge is 0.190 e. The molecule has 1 heterocycles. The minimum atomic E-state index is 0. The van der Waals surface area contributed by atoms with Crippen LogP contribution >= 0.6 is 24.0 Å². The van der Waals surface area contributed by atoms with Crippen molar-refractivity contribution in [1.82, 2.24) is 20.4 Å². The molecule has 6 nitrogen and oxygen atoms in total. The van der Waals surface area contributed by atoms with Crippen LogP contribution in [0.3, 0.4) is 0 Å². The molecule has 138 valence electrons. The van der Waals surface area contributed by atoms with E-state index in [0.29, 0.717) is 5.92 Å². The fourth-order valence-electron chi connectivity index (χ4n) is 2.71. The van der Waals surface area contributed by atoms with Crippen LogP contribution in [-0.2, 0) is 4.74 Å². The Morgan fingerprint density at radius 2 is 1.83 bits per heavy atom. The maximum Gasteiger partial charge on any atom is 0.190 e. The summed E-state index contributed by atoms with van der Waals surface area (Å²) in [6.07, 6.45) is 0.995. The molecule has 1 rings (SSSR count). The second-order valence-electron chi connectivity index (χ2n) is 6.07. The first-order valence-electron chi connectivity index (χ1n) is 8.57. The van der Waals surface area contributed by atoms with E-state index >= 15 is 0 Å². The van der Waals surface area contributed by atoms with Gasteiger partial charge in [0, 0.05) is 66.6 Å². The predicted molar refractivity (Wildman–Crippen MR) is 109 cm³/mol. The summed E-state index contributed by atoms with van der Waals surface area (Å²) in [4.78, 5) is 9.35. The highest BCUT2D eigenvalue weighted by Crippen LogP contribution is 2.04. The van der Waals surface area contributed by atoms with Gasteiger partial charge >= 0.3 is 0 Å². The molecule has 1 fully saturated rings. The van der Waals surface area contributed by atoms with Gasteiger partial charge < -0.3 is 25.2 Å². The van der Waals surface area contributed by atoms with E-state index in [1.165, 1.54) is 32.7 Å². The first-order valence-corrected chi connectivity index (χ1v) is 8.57. The van der Waals surface area contributed by atoms with Crippen LogP contribution in [0, 0.1) is 5.92 Å². The fourth-order valence-corrected chi connectivity index (χ4v) is 2.71. The van der Waals surface area contributed by atoms with E-state index in [-0.39, 0.29) is 24.0 Å². The van der Waals surface area contributed by atoms with Crippen molar-refractivity contribution in [2.24, 2.45) is 10.9 Å². The lowest BCUT2D eigenvalue weighted by molar-refractivity contribution is 0.124. The summed E-state index contributed by atoms with van der Waals surface area (Å²) in [5.41, 5.74) is 0. The third-order valence-corrected chi connectivity index (χ3v) is 4.14. The molecule has 0 bridgehead atoms. The topological polar surface area (TPSA) is 52.1 Å². The Hall–Kier alpha value is -0.120. The van der Waals surface area contributed by atoms with Gasteiger partial charge in [-0.15, -0.1) is 24.0 Å². The molecule has 0 saturated carbocycles. The molecule has 0 aliphatic carbocycles. The lowest BCUT2D eigenvalue weighted by Gasteiger charge is -2.35. The Bertz CT molecular complexity index is 309. The first-order chi connectivity index (χ1) is 10.7. The van der Waals surface area contributed by atoms with E-state index in [1.807, 2.05) is 7.05 Å². The number of piperazine rings is 1. The van der Waals surface area contributed by atoms with Crippen molar-refractivity contribution >= 4 is 29.9 Å². The molecule has 0 aromatic carbocycles. The van der Waals surface area contributed by atoms with Gasteiger partial charge in [0.1, 0.15) is 0 Å². The number of halogens is 1. The van der Waals surface area contributed by atoms with Crippen LogP contribution in [0.5, 0.6) is 0 Å². The van der Waals surface area contributed by atoms with Crippen LogP contribution in [0.1, 0.15) is 20.3 Å². The van der Waals surface area contributed by atoms with Crippen molar-refractivity contribution in [1.29, 1.82) is 0 Å². The lowest BCUT2D eigenvalue weighted by Crippen LogP contribution is -2.48. The van der Waals surface area contributed by atoms with Crippen molar-refractivity contribution in [3.05, 3.63) is 0 Å². The van der Waals surface area contributed by atoms with Gasteiger partial charge in [0.05, 0.1) is 0 Å². The Morgan fingerprint density at radius 1 is 1.17 bits per heavy atom. The van der Waals surface area contributed by atoms with E-state index in [1.54, 1.807) is 7.11 Å². The molecular formula is C16H36IN5O. The van der Waals surface area contributed by atoms with Crippen LogP contribution in [-0.4, -0.2) is 88.9 Å². The number of rotatable bonds is 9. The molecule has 1 aliphatic rings. The number of aliphatic imine (C=N–C) groups is 1. The van der Waals surface area contributed by atoms with E-state index in [0.717, 1.165) is 38.6 Å². The zero-order valence-corrected chi connectivity index (χ0v) is 17.6.